The van der Waals surface area contributed by atoms with Crippen molar-refractivity contribution in [3.05, 3.63) is 46.8 Å². The van der Waals surface area contributed by atoms with Crippen molar-refractivity contribution in [1.82, 2.24) is 5.16 Å². The number of aldehydes is 1. The molecule has 1 aromatic carbocycles. The zero-order chi connectivity index (χ0) is 12.3. The molecule has 1 aromatic heterocycles. The Morgan fingerprint density at radius 2 is 2.24 bits per heavy atom. The lowest BCUT2D eigenvalue weighted by Gasteiger charge is -2.05. The van der Waals surface area contributed by atoms with Crippen molar-refractivity contribution in [3.63, 3.8) is 0 Å². The maximum absolute atomic E-state index is 10.6. The van der Waals surface area contributed by atoms with Gasteiger partial charge in [0.15, 0.2) is 0 Å². The van der Waals surface area contributed by atoms with E-state index >= 15 is 0 Å². The van der Waals surface area contributed by atoms with E-state index in [4.69, 9.17) is 9.26 Å². The van der Waals surface area contributed by atoms with Crippen molar-refractivity contribution in [2.75, 3.05) is 0 Å². The second-order valence-corrected chi connectivity index (χ2v) is 3.78. The maximum Gasteiger partial charge on any atom is 0.150 e. The first-order chi connectivity index (χ1) is 8.20. The SMILES string of the molecule is Cc1noc(C)c1COc1cccc(C=O)c1. The second-order valence-electron chi connectivity index (χ2n) is 3.78. The van der Waals surface area contributed by atoms with Gasteiger partial charge in [0.2, 0.25) is 0 Å². The summed E-state index contributed by atoms with van der Waals surface area (Å²) in [6.45, 7) is 4.11. The number of hydrogen-bond donors (Lipinski definition) is 0. The summed E-state index contributed by atoms with van der Waals surface area (Å²) in [6, 6.07) is 7.03. The number of rotatable bonds is 4. The summed E-state index contributed by atoms with van der Waals surface area (Å²) in [4.78, 5) is 10.6. The lowest BCUT2D eigenvalue weighted by molar-refractivity contribution is 0.112. The van der Waals surface area contributed by atoms with E-state index in [0.717, 1.165) is 23.3 Å². The molecule has 0 unspecified atom stereocenters. The van der Waals surface area contributed by atoms with Crippen LogP contribution in [-0.4, -0.2) is 11.4 Å². The third kappa shape index (κ3) is 2.53. The van der Waals surface area contributed by atoms with Gasteiger partial charge in [-0.25, -0.2) is 0 Å². The van der Waals surface area contributed by atoms with Crippen molar-refractivity contribution >= 4 is 6.29 Å². The fraction of sp³-hybridized carbons (Fsp3) is 0.231. The first-order valence-corrected chi connectivity index (χ1v) is 5.30. The summed E-state index contributed by atoms with van der Waals surface area (Å²) in [6.07, 6.45) is 0.794. The van der Waals surface area contributed by atoms with Crippen molar-refractivity contribution in [2.24, 2.45) is 0 Å². The smallest absolute Gasteiger partial charge is 0.150 e. The van der Waals surface area contributed by atoms with Gasteiger partial charge in [-0.05, 0) is 26.0 Å². The zero-order valence-electron chi connectivity index (χ0n) is 9.77. The number of nitrogens with zero attached hydrogens (tertiary/aromatic N) is 1. The van der Waals surface area contributed by atoms with Gasteiger partial charge in [-0.2, -0.15) is 0 Å². The highest BCUT2D eigenvalue weighted by atomic mass is 16.5. The van der Waals surface area contributed by atoms with Crippen molar-refractivity contribution in [3.8, 4) is 5.75 Å². The van der Waals surface area contributed by atoms with Crippen LogP contribution in [-0.2, 0) is 6.61 Å². The molecule has 0 bridgehead atoms. The molecule has 4 nitrogen and oxygen atoms in total. The minimum absolute atomic E-state index is 0.392. The van der Waals surface area contributed by atoms with Crippen LogP contribution in [0.3, 0.4) is 0 Å². The summed E-state index contributed by atoms with van der Waals surface area (Å²) in [5, 5.41) is 3.85. The predicted molar refractivity (Wildman–Crippen MR) is 62.1 cm³/mol. The quantitative estimate of drug-likeness (QED) is 0.759. The van der Waals surface area contributed by atoms with Gasteiger partial charge < -0.3 is 9.26 Å². The van der Waals surface area contributed by atoms with Gasteiger partial charge in [0, 0.05) is 5.56 Å². The normalized spacial score (nSPS) is 10.2. The van der Waals surface area contributed by atoms with E-state index < -0.39 is 0 Å². The van der Waals surface area contributed by atoms with Crippen molar-refractivity contribution in [1.29, 1.82) is 0 Å². The largest absolute Gasteiger partial charge is 0.489 e. The number of ether oxygens (including phenoxy) is 1. The molecule has 0 radical (unpaired) electrons. The molecule has 0 N–H and O–H groups in total. The average Bonchev–Trinajstić information content (AvgIpc) is 2.67. The van der Waals surface area contributed by atoms with Crippen LogP contribution in [0.25, 0.3) is 0 Å². The molecule has 0 spiro atoms. The lowest BCUT2D eigenvalue weighted by Crippen LogP contribution is -1.98. The Bertz CT molecular complexity index is 512. The van der Waals surface area contributed by atoms with Crippen LogP contribution in [0.1, 0.15) is 27.4 Å². The molecule has 0 saturated carbocycles. The Kier molecular flexibility index (Phi) is 3.23. The topological polar surface area (TPSA) is 52.3 Å². The Balaban J connectivity index is 2.09. The molecule has 0 saturated heterocycles. The summed E-state index contributed by atoms with van der Waals surface area (Å²) in [7, 11) is 0. The highest BCUT2D eigenvalue weighted by Crippen LogP contribution is 2.17. The highest BCUT2D eigenvalue weighted by Gasteiger charge is 2.09. The molecular weight excluding hydrogens is 218 g/mol. The van der Waals surface area contributed by atoms with Gasteiger partial charge >= 0.3 is 0 Å². The number of benzene rings is 1. The summed E-state index contributed by atoms with van der Waals surface area (Å²) in [5.41, 5.74) is 2.37. The molecule has 0 aliphatic heterocycles. The zero-order valence-corrected chi connectivity index (χ0v) is 9.77. The molecule has 17 heavy (non-hydrogen) atoms. The average molecular weight is 231 g/mol. The van der Waals surface area contributed by atoms with E-state index in [1.807, 2.05) is 19.9 Å². The van der Waals surface area contributed by atoms with E-state index in [1.165, 1.54) is 0 Å². The molecular formula is C13H13NO3. The summed E-state index contributed by atoms with van der Waals surface area (Å²) in [5.74, 6) is 1.42. The molecule has 0 fully saturated rings. The minimum Gasteiger partial charge on any atom is -0.489 e. The molecule has 0 atom stereocenters. The molecule has 88 valence electrons. The number of hydrogen-bond acceptors (Lipinski definition) is 4. The lowest BCUT2D eigenvalue weighted by atomic mass is 10.2. The van der Waals surface area contributed by atoms with Crippen LogP contribution in [0.4, 0.5) is 0 Å². The molecule has 4 heteroatoms. The standard InChI is InChI=1S/C13H13NO3/c1-9-13(10(2)17-14-9)8-16-12-5-3-4-11(6-12)7-15/h3-7H,8H2,1-2H3. The number of aromatic nitrogens is 1. The van der Waals surface area contributed by atoms with Crippen molar-refractivity contribution in [2.45, 2.75) is 20.5 Å². The van der Waals surface area contributed by atoms with Crippen LogP contribution in [0, 0.1) is 13.8 Å². The van der Waals surface area contributed by atoms with Gasteiger partial charge in [-0.3, -0.25) is 4.79 Å². The molecule has 0 aliphatic rings. The second kappa shape index (κ2) is 4.82. The van der Waals surface area contributed by atoms with Gasteiger partial charge in [-0.1, -0.05) is 17.3 Å². The van der Waals surface area contributed by atoms with Crippen LogP contribution in [0.15, 0.2) is 28.8 Å². The van der Waals surface area contributed by atoms with Gasteiger partial charge in [0.25, 0.3) is 0 Å². The van der Waals surface area contributed by atoms with Gasteiger partial charge in [0.05, 0.1) is 11.3 Å². The first-order valence-electron chi connectivity index (χ1n) is 5.30. The van der Waals surface area contributed by atoms with Crippen LogP contribution >= 0.6 is 0 Å². The predicted octanol–water partition coefficient (Wildman–Crippen LogP) is 2.68. The van der Waals surface area contributed by atoms with E-state index in [1.54, 1.807) is 18.2 Å². The summed E-state index contributed by atoms with van der Waals surface area (Å²) < 4.78 is 10.6. The van der Waals surface area contributed by atoms with Crippen LogP contribution in [0.2, 0.25) is 0 Å². The van der Waals surface area contributed by atoms with Crippen LogP contribution in [0.5, 0.6) is 5.75 Å². The molecule has 0 aliphatic carbocycles. The number of carbonyl (C=O) groups excluding carboxylic acids is 1. The van der Waals surface area contributed by atoms with Gasteiger partial charge in [0.1, 0.15) is 24.4 Å². The van der Waals surface area contributed by atoms with E-state index in [-0.39, 0.29) is 0 Å². The first kappa shape index (κ1) is 11.4. The highest BCUT2D eigenvalue weighted by molar-refractivity contribution is 5.75. The maximum atomic E-state index is 10.6. The molecule has 0 amide bonds. The Morgan fingerprint density at radius 1 is 1.41 bits per heavy atom. The number of carbonyl (C=O) groups is 1. The Morgan fingerprint density at radius 3 is 2.88 bits per heavy atom. The Labute approximate surface area is 99.2 Å². The summed E-state index contributed by atoms with van der Waals surface area (Å²) >= 11 is 0. The van der Waals surface area contributed by atoms with E-state index in [0.29, 0.717) is 17.9 Å². The number of aryl methyl sites for hydroxylation is 2. The van der Waals surface area contributed by atoms with E-state index in [9.17, 15) is 4.79 Å². The van der Waals surface area contributed by atoms with Crippen molar-refractivity contribution < 1.29 is 14.1 Å². The third-order valence-corrected chi connectivity index (χ3v) is 2.56. The monoisotopic (exact) mass is 231 g/mol. The van der Waals surface area contributed by atoms with Crippen LogP contribution < -0.4 is 4.74 Å². The fourth-order valence-corrected chi connectivity index (χ4v) is 1.54. The molecule has 2 rings (SSSR count). The molecule has 2 aromatic rings. The fourth-order valence-electron chi connectivity index (χ4n) is 1.54. The molecule has 1 heterocycles. The minimum atomic E-state index is 0.392. The van der Waals surface area contributed by atoms with Gasteiger partial charge in [-0.15, -0.1) is 0 Å². The third-order valence-electron chi connectivity index (χ3n) is 2.56. The Hall–Kier alpha value is -2.10. The van der Waals surface area contributed by atoms with E-state index in [2.05, 4.69) is 5.16 Å².